The maximum atomic E-state index is 11.0. The third-order valence-corrected chi connectivity index (χ3v) is 5.61. The minimum absolute atomic E-state index is 0.466. The molecule has 0 spiro atoms. The highest BCUT2D eigenvalue weighted by Gasteiger charge is 2.35. The van der Waals surface area contributed by atoms with E-state index >= 15 is 0 Å². The molecule has 3 aromatic carbocycles. The average Bonchev–Trinajstić information content (AvgIpc) is 3.08. The molecular formula is C23H21NO2. The van der Waals surface area contributed by atoms with Crippen molar-refractivity contribution in [2.45, 2.75) is 37.9 Å². The van der Waals surface area contributed by atoms with E-state index in [9.17, 15) is 5.11 Å². The molecule has 1 heterocycles. The van der Waals surface area contributed by atoms with Gasteiger partial charge < -0.3 is 9.94 Å². The van der Waals surface area contributed by atoms with Crippen LogP contribution in [0, 0.1) is 0 Å². The minimum atomic E-state index is -0.762. The van der Waals surface area contributed by atoms with Crippen molar-refractivity contribution in [2.75, 3.05) is 0 Å². The third-order valence-electron chi connectivity index (χ3n) is 5.61. The van der Waals surface area contributed by atoms with E-state index in [1.165, 1.54) is 24.0 Å². The van der Waals surface area contributed by atoms with Gasteiger partial charge in [0.25, 0.3) is 0 Å². The largest absolute Gasteiger partial charge is 0.384 e. The zero-order valence-corrected chi connectivity index (χ0v) is 14.6. The van der Waals surface area contributed by atoms with Gasteiger partial charge >= 0.3 is 0 Å². The fourth-order valence-corrected chi connectivity index (χ4v) is 4.21. The fraction of sp³-hybridized carbons (Fsp3) is 0.261. The van der Waals surface area contributed by atoms with Gasteiger partial charge in [-0.3, -0.25) is 0 Å². The maximum Gasteiger partial charge on any atom is 0.184 e. The maximum absolute atomic E-state index is 11.0. The summed E-state index contributed by atoms with van der Waals surface area (Å²) >= 11 is 0. The minimum Gasteiger partial charge on any atom is -0.384 e. The second kappa shape index (κ2) is 6.26. The average molecular weight is 343 g/mol. The van der Waals surface area contributed by atoms with Gasteiger partial charge in [-0.1, -0.05) is 59.8 Å². The number of fused-ring (bicyclic) bond motifs is 2. The summed E-state index contributed by atoms with van der Waals surface area (Å²) in [6.07, 6.45) is 3.54. The van der Waals surface area contributed by atoms with E-state index in [4.69, 9.17) is 4.84 Å². The molecule has 0 saturated heterocycles. The molecule has 0 aromatic heterocycles. The van der Waals surface area contributed by atoms with Gasteiger partial charge in [0, 0.05) is 11.1 Å². The van der Waals surface area contributed by atoms with Gasteiger partial charge in [0.1, 0.15) is 11.8 Å². The molecule has 2 aliphatic rings. The number of hydrogen-bond acceptors (Lipinski definition) is 3. The molecule has 0 fully saturated rings. The van der Waals surface area contributed by atoms with Crippen molar-refractivity contribution in [1.29, 1.82) is 0 Å². The Morgan fingerprint density at radius 3 is 2.62 bits per heavy atom. The van der Waals surface area contributed by atoms with E-state index in [0.29, 0.717) is 5.71 Å². The smallest absolute Gasteiger partial charge is 0.184 e. The topological polar surface area (TPSA) is 41.8 Å². The van der Waals surface area contributed by atoms with Gasteiger partial charge in [-0.25, -0.2) is 0 Å². The van der Waals surface area contributed by atoms with Crippen molar-refractivity contribution < 1.29 is 9.94 Å². The van der Waals surface area contributed by atoms with Crippen molar-refractivity contribution in [2.24, 2.45) is 5.16 Å². The Balaban J connectivity index is 1.49. The van der Waals surface area contributed by atoms with E-state index in [1.807, 2.05) is 24.3 Å². The zero-order chi connectivity index (χ0) is 17.5. The van der Waals surface area contributed by atoms with Crippen molar-refractivity contribution in [3.05, 3.63) is 82.9 Å². The Morgan fingerprint density at radius 1 is 0.885 bits per heavy atom. The first-order chi connectivity index (χ1) is 12.8. The lowest BCUT2D eigenvalue weighted by molar-refractivity contribution is 0.0215. The Labute approximate surface area is 152 Å². The summed E-state index contributed by atoms with van der Waals surface area (Å²) in [5.74, 6) is 0. The van der Waals surface area contributed by atoms with Crippen LogP contribution in [0.25, 0.3) is 10.8 Å². The summed E-state index contributed by atoms with van der Waals surface area (Å²) in [5, 5.41) is 17.5. The van der Waals surface area contributed by atoms with Crippen molar-refractivity contribution in [3.8, 4) is 0 Å². The molecule has 0 bridgehead atoms. The highest BCUT2D eigenvalue weighted by Crippen LogP contribution is 2.35. The first kappa shape index (κ1) is 15.6. The van der Waals surface area contributed by atoms with Crippen molar-refractivity contribution >= 4 is 16.5 Å². The molecule has 1 aliphatic heterocycles. The van der Waals surface area contributed by atoms with Gasteiger partial charge in [-0.2, -0.15) is 0 Å². The lowest BCUT2D eigenvalue weighted by atomic mass is 9.88. The number of aliphatic hydroxyl groups excluding tert-OH is 1. The predicted octanol–water partition coefficient (Wildman–Crippen LogP) is 4.56. The van der Waals surface area contributed by atoms with E-state index in [-0.39, 0.29) is 0 Å². The molecule has 2 atom stereocenters. The molecule has 0 radical (unpaired) electrons. The standard InChI is InChI=1S/C23H21NO2/c25-22-21(18-13-12-15-6-1-2-8-17(15)14-18)24-26-23(22)20-11-5-9-16-7-3-4-10-19(16)20/h3-5,7,9-14,22-23,25H,1-2,6,8H2. The van der Waals surface area contributed by atoms with Gasteiger partial charge in [0.05, 0.1) is 0 Å². The molecule has 5 rings (SSSR count). The van der Waals surface area contributed by atoms with E-state index < -0.39 is 12.2 Å². The molecule has 26 heavy (non-hydrogen) atoms. The van der Waals surface area contributed by atoms with Crippen molar-refractivity contribution in [3.63, 3.8) is 0 Å². The van der Waals surface area contributed by atoms with Crippen LogP contribution in [0.2, 0.25) is 0 Å². The number of aliphatic hydroxyl groups is 1. The second-order valence-electron chi connectivity index (χ2n) is 7.21. The van der Waals surface area contributed by atoms with Crippen molar-refractivity contribution in [1.82, 2.24) is 0 Å². The summed E-state index contributed by atoms with van der Waals surface area (Å²) in [6, 6.07) is 20.7. The van der Waals surface area contributed by atoms with E-state index in [2.05, 4.69) is 41.6 Å². The van der Waals surface area contributed by atoms with Crippen LogP contribution in [0.4, 0.5) is 0 Å². The Bertz CT molecular complexity index is 1000. The Kier molecular flexibility index (Phi) is 3.75. The summed E-state index contributed by atoms with van der Waals surface area (Å²) in [6.45, 7) is 0. The third kappa shape index (κ3) is 2.51. The normalized spacial score (nSPS) is 22.0. The Morgan fingerprint density at radius 2 is 1.69 bits per heavy atom. The van der Waals surface area contributed by atoms with Gasteiger partial charge in [-0.05, 0) is 53.6 Å². The van der Waals surface area contributed by atoms with Crippen LogP contribution in [0.3, 0.4) is 0 Å². The van der Waals surface area contributed by atoms with Crippen LogP contribution in [0.5, 0.6) is 0 Å². The van der Waals surface area contributed by atoms with Crippen LogP contribution in [0.15, 0.2) is 65.8 Å². The molecule has 1 N–H and O–H groups in total. The second-order valence-corrected chi connectivity index (χ2v) is 7.21. The number of benzene rings is 3. The summed E-state index contributed by atoms with van der Waals surface area (Å²) in [4.78, 5) is 5.71. The highest BCUT2D eigenvalue weighted by atomic mass is 16.7. The van der Waals surface area contributed by atoms with E-state index in [1.54, 1.807) is 0 Å². The van der Waals surface area contributed by atoms with Crippen LogP contribution in [-0.4, -0.2) is 16.9 Å². The molecular weight excluding hydrogens is 322 g/mol. The number of oxime groups is 1. The van der Waals surface area contributed by atoms with Gasteiger partial charge in [-0.15, -0.1) is 0 Å². The number of aryl methyl sites for hydroxylation is 2. The lowest BCUT2D eigenvalue weighted by Gasteiger charge is -2.18. The lowest BCUT2D eigenvalue weighted by Crippen LogP contribution is -2.24. The van der Waals surface area contributed by atoms with Crippen LogP contribution in [-0.2, 0) is 17.7 Å². The predicted molar refractivity (Wildman–Crippen MR) is 103 cm³/mol. The van der Waals surface area contributed by atoms with Gasteiger partial charge in [0.15, 0.2) is 6.10 Å². The summed E-state index contributed by atoms with van der Waals surface area (Å²) in [7, 11) is 0. The monoisotopic (exact) mass is 343 g/mol. The molecule has 0 saturated carbocycles. The fourth-order valence-electron chi connectivity index (χ4n) is 4.21. The van der Waals surface area contributed by atoms with Gasteiger partial charge in [0.2, 0.25) is 0 Å². The van der Waals surface area contributed by atoms with Crippen LogP contribution in [0.1, 0.15) is 41.2 Å². The highest BCUT2D eigenvalue weighted by molar-refractivity contribution is 6.05. The summed E-state index contributed by atoms with van der Waals surface area (Å²) in [5.41, 5.74) is 5.40. The number of hydrogen-bond donors (Lipinski definition) is 1. The van der Waals surface area contributed by atoms with Crippen LogP contribution >= 0.6 is 0 Å². The quantitative estimate of drug-likeness (QED) is 0.741. The zero-order valence-electron chi connectivity index (χ0n) is 14.6. The first-order valence-corrected chi connectivity index (χ1v) is 9.33. The molecule has 2 unspecified atom stereocenters. The molecule has 3 aromatic rings. The number of rotatable bonds is 2. The SMILES string of the molecule is OC1C(c2ccc3c(c2)CCCC3)=NOC1c1cccc2ccccc12. The van der Waals surface area contributed by atoms with E-state index in [0.717, 1.165) is 34.7 Å². The molecule has 3 nitrogen and oxygen atoms in total. The van der Waals surface area contributed by atoms with Crippen LogP contribution < -0.4 is 0 Å². The first-order valence-electron chi connectivity index (χ1n) is 9.33. The molecule has 1 aliphatic carbocycles. The molecule has 0 amide bonds. The Hall–Kier alpha value is -2.65. The molecule has 3 heteroatoms. The summed E-state index contributed by atoms with van der Waals surface area (Å²) < 4.78 is 0. The number of nitrogens with zero attached hydrogens (tertiary/aromatic N) is 1. The molecule has 130 valence electrons.